The lowest BCUT2D eigenvalue weighted by Gasteiger charge is -2.26. The van der Waals surface area contributed by atoms with E-state index in [1.165, 1.54) is 17.3 Å². The number of nitrogens with zero attached hydrogens (tertiary/aromatic N) is 3. The van der Waals surface area contributed by atoms with Gasteiger partial charge < -0.3 is 9.30 Å². The number of aryl methyl sites for hydroxylation is 1. The van der Waals surface area contributed by atoms with E-state index in [4.69, 9.17) is 10.1 Å². The predicted octanol–water partition coefficient (Wildman–Crippen LogP) is 6.33. The number of nitrogens with one attached hydrogen (secondary N) is 1. The van der Waals surface area contributed by atoms with Crippen LogP contribution in [0.5, 0.6) is 5.75 Å². The highest BCUT2D eigenvalue weighted by atomic mass is 32.2. The smallest absolute Gasteiger partial charge is 0.283 e. The average molecular weight is 505 g/mol. The molecule has 3 aromatic carbocycles. The van der Waals surface area contributed by atoms with E-state index < -0.39 is 5.91 Å². The summed E-state index contributed by atoms with van der Waals surface area (Å²) in [6, 6.07) is 26.0. The van der Waals surface area contributed by atoms with Gasteiger partial charge in [-0.05, 0) is 36.8 Å². The lowest BCUT2D eigenvalue weighted by Crippen LogP contribution is -2.38. The largest absolute Gasteiger partial charge is 0.492 e. The van der Waals surface area contributed by atoms with Crippen molar-refractivity contribution in [2.24, 2.45) is 4.99 Å². The summed E-state index contributed by atoms with van der Waals surface area (Å²) in [7, 11) is 0. The van der Waals surface area contributed by atoms with Crippen LogP contribution in [0.15, 0.2) is 101 Å². The molecule has 2 aliphatic heterocycles. The van der Waals surface area contributed by atoms with Crippen LogP contribution in [0.3, 0.4) is 0 Å². The van der Waals surface area contributed by atoms with Gasteiger partial charge in [0.2, 0.25) is 0 Å². The Bertz CT molecular complexity index is 1610. The van der Waals surface area contributed by atoms with Gasteiger partial charge >= 0.3 is 0 Å². The molecule has 7 heteroatoms. The normalized spacial score (nSPS) is 16.2. The minimum atomic E-state index is -0.397. The highest BCUT2D eigenvalue weighted by Gasteiger charge is 2.36. The van der Waals surface area contributed by atoms with Gasteiger partial charge in [0.15, 0.2) is 5.17 Å². The molecule has 0 fully saturated rings. The van der Waals surface area contributed by atoms with Crippen molar-refractivity contribution in [1.82, 2.24) is 9.47 Å². The van der Waals surface area contributed by atoms with Gasteiger partial charge in [-0.15, -0.1) is 0 Å². The third-order valence-electron chi connectivity index (χ3n) is 6.43. The molecule has 0 atom stereocenters. The van der Waals surface area contributed by atoms with Crippen LogP contribution < -0.4 is 4.74 Å². The Kier molecular flexibility index (Phi) is 5.98. The van der Waals surface area contributed by atoms with E-state index in [2.05, 4.69) is 22.5 Å². The number of hydrogen-bond donors (Lipinski definition) is 1. The molecule has 6 nitrogen and oxygen atoms in total. The molecular formula is C30H24N4O2S. The van der Waals surface area contributed by atoms with Crippen LogP contribution in [-0.4, -0.2) is 33.0 Å². The van der Waals surface area contributed by atoms with Crippen molar-refractivity contribution in [2.45, 2.75) is 13.5 Å². The Balaban J connectivity index is 1.30. The molecule has 0 unspecified atom stereocenters. The van der Waals surface area contributed by atoms with Crippen molar-refractivity contribution < 1.29 is 9.53 Å². The van der Waals surface area contributed by atoms with Crippen molar-refractivity contribution in [3.8, 4) is 5.75 Å². The zero-order valence-corrected chi connectivity index (χ0v) is 21.0. The Morgan fingerprint density at radius 3 is 2.57 bits per heavy atom. The van der Waals surface area contributed by atoms with Gasteiger partial charge in [-0.3, -0.25) is 15.1 Å². The summed E-state index contributed by atoms with van der Waals surface area (Å²) >= 11 is 1.37. The Morgan fingerprint density at radius 2 is 1.76 bits per heavy atom. The first-order valence-corrected chi connectivity index (χ1v) is 12.9. The first-order valence-electron chi connectivity index (χ1n) is 12.0. The first-order chi connectivity index (χ1) is 18.1. The average Bonchev–Trinajstić information content (AvgIpc) is 3.50. The van der Waals surface area contributed by atoms with Crippen LogP contribution in [0.4, 0.5) is 0 Å². The second-order valence-corrected chi connectivity index (χ2v) is 9.72. The number of thioether (sulfide) groups is 1. The van der Waals surface area contributed by atoms with E-state index in [0.717, 1.165) is 33.5 Å². The standard InChI is InChI=1S/C30H24N4O2S/c1-20-11-13-23(14-12-20)36-16-15-33-18-22(24-9-5-6-10-26(24)33)17-25-28(31)34-27(21-7-3-2-4-8-21)19-37-30(34)32-29(25)35/h2-14,17-19,31H,15-16H2,1H3/b25-17-,31-28?. The number of aromatic nitrogens is 1. The van der Waals surface area contributed by atoms with E-state index in [1.54, 1.807) is 11.0 Å². The third kappa shape index (κ3) is 4.38. The zero-order chi connectivity index (χ0) is 25.4. The second kappa shape index (κ2) is 9.59. The van der Waals surface area contributed by atoms with Crippen LogP contribution >= 0.6 is 11.8 Å². The van der Waals surface area contributed by atoms with Crippen LogP contribution in [0.2, 0.25) is 0 Å². The first kappa shape index (κ1) is 23.1. The summed E-state index contributed by atoms with van der Waals surface area (Å²) in [6.07, 6.45) is 3.80. The summed E-state index contributed by atoms with van der Waals surface area (Å²) in [5.41, 5.74) is 5.20. The monoisotopic (exact) mass is 504 g/mol. The summed E-state index contributed by atoms with van der Waals surface area (Å²) in [5.74, 6) is 0.575. The van der Waals surface area contributed by atoms with E-state index in [0.29, 0.717) is 18.3 Å². The van der Waals surface area contributed by atoms with Crippen molar-refractivity contribution in [3.63, 3.8) is 0 Å². The molecule has 0 saturated carbocycles. The number of amides is 1. The molecule has 3 heterocycles. The Morgan fingerprint density at radius 1 is 1.00 bits per heavy atom. The molecule has 1 amide bonds. The zero-order valence-electron chi connectivity index (χ0n) is 20.2. The number of ether oxygens (including phenoxy) is 1. The molecule has 37 heavy (non-hydrogen) atoms. The number of carbonyl (C=O) groups excluding carboxylic acids is 1. The molecular weight excluding hydrogens is 480 g/mol. The van der Waals surface area contributed by atoms with Gasteiger partial charge in [0, 0.05) is 28.1 Å². The van der Waals surface area contributed by atoms with Gasteiger partial charge in [0.05, 0.1) is 17.8 Å². The van der Waals surface area contributed by atoms with Crippen LogP contribution in [0.1, 0.15) is 16.7 Å². The number of fused-ring (bicyclic) bond motifs is 2. The number of carbonyl (C=O) groups is 1. The van der Waals surface area contributed by atoms with Crippen LogP contribution in [-0.2, 0) is 11.3 Å². The number of benzene rings is 3. The van der Waals surface area contributed by atoms with Crippen molar-refractivity contribution in [2.75, 3.05) is 6.61 Å². The number of amidine groups is 2. The summed E-state index contributed by atoms with van der Waals surface area (Å²) in [6.45, 7) is 3.21. The van der Waals surface area contributed by atoms with Crippen molar-refractivity contribution in [1.29, 1.82) is 5.41 Å². The number of rotatable bonds is 6. The van der Waals surface area contributed by atoms with E-state index >= 15 is 0 Å². The molecule has 0 spiro atoms. The summed E-state index contributed by atoms with van der Waals surface area (Å²) in [5, 5.41) is 12.4. The third-order valence-corrected chi connectivity index (χ3v) is 7.25. The van der Waals surface area contributed by atoms with E-state index in [9.17, 15) is 4.79 Å². The van der Waals surface area contributed by atoms with Gasteiger partial charge in [0.25, 0.3) is 5.91 Å². The van der Waals surface area contributed by atoms with Gasteiger partial charge in [-0.2, -0.15) is 4.99 Å². The molecule has 0 saturated heterocycles. The molecule has 0 radical (unpaired) electrons. The topological polar surface area (TPSA) is 70.7 Å². The fraction of sp³-hybridized carbons (Fsp3) is 0.100. The number of para-hydroxylation sites is 1. The molecule has 0 bridgehead atoms. The Hall–Kier alpha value is -4.36. The molecule has 1 N–H and O–H groups in total. The molecule has 0 aliphatic carbocycles. The fourth-order valence-electron chi connectivity index (χ4n) is 4.54. The molecule has 1 aromatic heterocycles. The minimum Gasteiger partial charge on any atom is -0.492 e. The Labute approximate surface area is 219 Å². The van der Waals surface area contributed by atoms with Crippen molar-refractivity contribution in [3.05, 3.63) is 113 Å². The van der Waals surface area contributed by atoms with Crippen LogP contribution in [0.25, 0.3) is 22.7 Å². The molecule has 182 valence electrons. The maximum atomic E-state index is 13.0. The maximum Gasteiger partial charge on any atom is 0.283 e. The lowest BCUT2D eigenvalue weighted by atomic mass is 10.1. The van der Waals surface area contributed by atoms with E-state index in [1.807, 2.05) is 84.4 Å². The van der Waals surface area contributed by atoms with Crippen LogP contribution in [0, 0.1) is 12.3 Å². The van der Waals surface area contributed by atoms with Gasteiger partial charge in [-0.1, -0.05) is 78.0 Å². The second-order valence-electron chi connectivity index (χ2n) is 8.89. The van der Waals surface area contributed by atoms with Gasteiger partial charge in [-0.25, -0.2) is 0 Å². The molecule has 2 aliphatic rings. The summed E-state index contributed by atoms with van der Waals surface area (Å²) in [4.78, 5) is 19.1. The van der Waals surface area contributed by atoms with Crippen molar-refractivity contribution >= 4 is 51.3 Å². The predicted molar refractivity (Wildman–Crippen MR) is 151 cm³/mol. The summed E-state index contributed by atoms with van der Waals surface area (Å²) < 4.78 is 8.08. The number of aliphatic imine (C=N–C) groups is 1. The maximum absolute atomic E-state index is 13.0. The minimum absolute atomic E-state index is 0.134. The quantitative estimate of drug-likeness (QED) is 0.311. The molecule has 4 aromatic rings. The lowest BCUT2D eigenvalue weighted by molar-refractivity contribution is -0.114. The van der Waals surface area contributed by atoms with E-state index in [-0.39, 0.29) is 11.4 Å². The van der Waals surface area contributed by atoms with Gasteiger partial charge in [0.1, 0.15) is 18.2 Å². The molecule has 6 rings (SSSR count). The highest BCUT2D eigenvalue weighted by Crippen LogP contribution is 2.37. The number of hydrogen-bond acceptors (Lipinski definition) is 4. The fourth-order valence-corrected chi connectivity index (χ4v) is 5.43. The SMILES string of the molecule is Cc1ccc(OCCn2cc(/C=C3/C(=N)N4C(c5ccccc5)=CSC4=NC3=O)c3ccccc32)cc1. The highest BCUT2D eigenvalue weighted by molar-refractivity contribution is 8.17.